The molecule has 0 rings (SSSR count). The Hall–Kier alpha value is -0.770. The molecule has 0 aromatic heterocycles. The zero-order chi connectivity index (χ0) is 9.56. The molecule has 0 spiro atoms. The number of halogens is 1. The molecule has 0 aromatic rings. The Labute approximate surface area is 75.9 Å². The van der Waals surface area contributed by atoms with E-state index in [2.05, 4.69) is 5.32 Å². The number of carbonyl (C=O) groups is 2. The summed E-state index contributed by atoms with van der Waals surface area (Å²) in [5.74, 6) is -1.98. The SMILES string of the molecule is CCC[C@@H](NC(=O)CCl)C(=O)[O-]. The van der Waals surface area contributed by atoms with E-state index in [9.17, 15) is 14.7 Å². The number of amides is 1. The Balaban J connectivity index is 3.95. The summed E-state index contributed by atoms with van der Waals surface area (Å²) >= 11 is 5.18. The second-order valence-corrected chi connectivity index (χ2v) is 2.63. The quantitative estimate of drug-likeness (QED) is 0.584. The predicted molar refractivity (Wildman–Crippen MR) is 42.6 cm³/mol. The van der Waals surface area contributed by atoms with Crippen LogP contribution < -0.4 is 10.4 Å². The highest BCUT2D eigenvalue weighted by molar-refractivity contribution is 6.27. The van der Waals surface area contributed by atoms with Gasteiger partial charge in [0.05, 0.1) is 12.0 Å². The van der Waals surface area contributed by atoms with Crippen molar-refractivity contribution in [3.05, 3.63) is 0 Å². The van der Waals surface area contributed by atoms with Crippen molar-refractivity contribution in [3.63, 3.8) is 0 Å². The summed E-state index contributed by atoms with van der Waals surface area (Å²) in [7, 11) is 0. The fraction of sp³-hybridized carbons (Fsp3) is 0.714. The van der Waals surface area contributed by atoms with Crippen LogP contribution in [0.2, 0.25) is 0 Å². The van der Waals surface area contributed by atoms with Crippen molar-refractivity contribution in [3.8, 4) is 0 Å². The minimum atomic E-state index is -1.27. The lowest BCUT2D eigenvalue weighted by Gasteiger charge is -2.17. The highest BCUT2D eigenvalue weighted by Crippen LogP contribution is 1.95. The number of alkyl halides is 1. The molecule has 4 nitrogen and oxygen atoms in total. The molecule has 0 aliphatic carbocycles. The smallest absolute Gasteiger partial charge is 0.235 e. The van der Waals surface area contributed by atoms with Gasteiger partial charge in [0.1, 0.15) is 5.88 Å². The highest BCUT2D eigenvalue weighted by atomic mass is 35.5. The van der Waals surface area contributed by atoms with Crippen molar-refractivity contribution in [2.75, 3.05) is 5.88 Å². The van der Waals surface area contributed by atoms with Crippen molar-refractivity contribution >= 4 is 23.5 Å². The number of aliphatic carboxylic acids is 1. The average molecular weight is 193 g/mol. The third-order valence-corrected chi connectivity index (χ3v) is 1.56. The third kappa shape index (κ3) is 4.18. The minimum Gasteiger partial charge on any atom is -0.548 e. The van der Waals surface area contributed by atoms with Gasteiger partial charge in [0.25, 0.3) is 0 Å². The van der Waals surface area contributed by atoms with Crippen LogP contribution in [0.5, 0.6) is 0 Å². The van der Waals surface area contributed by atoms with E-state index in [0.717, 1.165) is 0 Å². The van der Waals surface area contributed by atoms with Gasteiger partial charge in [-0.2, -0.15) is 0 Å². The van der Waals surface area contributed by atoms with Gasteiger partial charge in [0.2, 0.25) is 5.91 Å². The number of nitrogens with one attached hydrogen (secondary N) is 1. The summed E-state index contributed by atoms with van der Waals surface area (Å²) in [5.41, 5.74) is 0. The number of carboxylic acids is 1. The largest absolute Gasteiger partial charge is 0.548 e. The number of carbonyl (C=O) groups excluding carboxylic acids is 2. The Morgan fingerprint density at radius 2 is 2.17 bits per heavy atom. The maximum atomic E-state index is 10.7. The van der Waals surface area contributed by atoms with Crippen molar-refractivity contribution in [1.29, 1.82) is 0 Å². The van der Waals surface area contributed by atoms with E-state index >= 15 is 0 Å². The van der Waals surface area contributed by atoms with E-state index in [4.69, 9.17) is 11.6 Å². The van der Waals surface area contributed by atoms with E-state index in [1.165, 1.54) is 0 Å². The second kappa shape index (κ2) is 5.83. The molecule has 70 valence electrons. The number of hydrogen-bond acceptors (Lipinski definition) is 3. The molecule has 1 atom stereocenters. The molecular weight excluding hydrogens is 182 g/mol. The molecule has 12 heavy (non-hydrogen) atoms. The van der Waals surface area contributed by atoms with Gasteiger partial charge in [-0.05, 0) is 6.42 Å². The number of rotatable bonds is 5. The molecule has 0 fully saturated rings. The lowest BCUT2D eigenvalue weighted by molar-refractivity contribution is -0.308. The first-order valence-electron chi connectivity index (χ1n) is 3.68. The third-order valence-electron chi connectivity index (χ3n) is 1.32. The molecule has 0 bridgehead atoms. The van der Waals surface area contributed by atoms with E-state index in [0.29, 0.717) is 12.8 Å². The van der Waals surface area contributed by atoms with Crippen molar-refractivity contribution < 1.29 is 14.7 Å². The van der Waals surface area contributed by atoms with Gasteiger partial charge >= 0.3 is 0 Å². The Morgan fingerprint density at radius 3 is 2.50 bits per heavy atom. The van der Waals surface area contributed by atoms with E-state index < -0.39 is 17.9 Å². The Bertz CT molecular complexity index is 170. The van der Waals surface area contributed by atoms with Crippen LogP contribution in [0.4, 0.5) is 0 Å². The lowest BCUT2D eigenvalue weighted by Crippen LogP contribution is -2.48. The molecule has 1 N–H and O–H groups in total. The Morgan fingerprint density at radius 1 is 1.58 bits per heavy atom. The van der Waals surface area contributed by atoms with E-state index in [1.807, 2.05) is 6.92 Å². The summed E-state index contributed by atoms with van der Waals surface area (Å²) in [4.78, 5) is 21.0. The molecule has 0 radical (unpaired) electrons. The van der Waals surface area contributed by atoms with Crippen molar-refractivity contribution in [1.82, 2.24) is 5.32 Å². The van der Waals surface area contributed by atoms with Crippen molar-refractivity contribution in [2.45, 2.75) is 25.8 Å². The molecule has 5 heteroatoms. The number of hydrogen-bond donors (Lipinski definition) is 1. The van der Waals surface area contributed by atoms with E-state index in [1.54, 1.807) is 0 Å². The first-order chi connectivity index (χ1) is 5.61. The number of carboxylic acid groups (broad SMARTS) is 1. The van der Waals surface area contributed by atoms with Gasteiger partial charge in [0.15, 0.2) is 0 Å². The summed E-state index contributed by atoms with van der Waals surface area (Å²) in [6.45, 7) is 1.82. The van der Waals surface area contributed by atoms with Gasteiger partial charge < -0.3 is 15.2 Å². The van der Waals surface area contributed by atoms with Gasteiger partial charge in [-0.15, -0.1) is 11.6 Å². The minimum absolute atomic E-state index is 0.229. The molecule has 0 saturated carbocycles. The zero-order valence-electron chi connectivity index (χ0n) is 6.80. The molecule has 0 heterocycles. The molecule has 0 unspecified atom stereocenters. The average Bonchev–Trinajstić information content (AvgIpc) is 2.03. The van der Waals surface area contributed by atoms with Crippen LogP contribution in [0.3, 0.4) is 0 Å². The monoisotopic (exact) mass is 192 g/mol. The summed E-state index contributed by atoms with van der Waals surface area (Å²) in [6, 6.07) is -0.916. The standard InChI is InChI=1S/C7H12ClNO3/c1-2-3-5(7(11)12)9-6(10)4-8/h5H,2-4H2,1H3,(H,9,10)(H,11,12)/p-1/t5-/m1/s1. The van der Waals surface area contributed by atoms with Crippen LogP contribution in [-0.2, 0) is 9.59 Å². The normalized spacial score (nSPS) is 12.2. The highest BCUT2D eigenvalue weighted by Gasteiger charge is 2.10. The molecule has 0 saturated heterocycles. The first-order valence-corrected chi connectivity index (χ1v) is 4.21. The van der Waals surface area contributed by atoms with Gasteiger partial charge in [0, 0.05) is 0 Å². The molecular formula is C7H11ClNO3-. The Kier molecular flexibility index (Phi) is 5.45. The summed E-state index contributed by atoms with van der Waals surface area (Å²) in [5, 5.41) is 12.6. The summed E-state index contributed by atoms with van der Waals surface area (Å²) < 4.78 is 0. The van der Waals surface area contributed by atoms with Gasteiger partial charge in [-0.1, -0.05) is 13.3 Å². The fourth-order valence-electron chi connectivity index (χ4n) is 0.771. The van der Waals surface area contributed by atoms with Crippen LogP contribution in [0.25, 0.3) is 0 Å². The maximum absolute atomic E-state index is 10.7. The molecule has 0 aliphatic heterocycles. The fourth-order valence-corrected chi connectivity index (χ4v) is 0.848. The van der Waals surface area contributed by atoms with Crippen LogP contribution >= 0.6 is 11.6 Å². The maximum Gasteiger partial charge on any atom is 0.235 e. The predicted octanol–water partition coefficient (Wildman–Crippen LogP) is -0.740. The molecule has 0 aromatic carbocycles. The molecule has 0 aliphatic rings. The van der Waals surface area contributed by atoms with Crippen LogP contribution in [0, 0.1) is 0 Å². The zero-order valence-corrected chi connectivity index (χ0v) is 7.56. The van der Waals surface area contributed by atoms with Gasteiger partial charge in [-0.25, -0.2) is 0 Å². The van der Waals surface area contributed by atoms with Crippen LogP contribution in [0.1, 0.15) is 19.8 Å². The van der Waals surface area contributed by atoms with Crippen molar-refractivity contribution in [2.24, 2.45) is 0 Å². The second-order valence-electron chi connectivity index (χ2n) is 2.36. The topological polar surface area (TPSA) is 69.2 Å². The van der Waals surface area contributed by atoms with Gasteiger partial charge in [-0.3, -0.25) is 4.79 Å². The van der Waals surface area contributed by atoms with Crippen LogP contribution in [-0.4, -0.2) is 23.8 Å². The van der Waals surface area contributed by atoms with E-state index in [-0.39, 0.29) is 5.88 Å². The lowest BCUT2D eigenvalue weighted by atomic mass is 10.2. The first kappa shape index (κ1) is 11.2. The summed E-state index contributed by atoms with van der Waals surface area (Å²) in [6.07, 6.45) is 1.03. The molecule has 1 amide bonds. The van der Waals surface area contributed by atoms with Crippen LogP contribution in [0.15, 0.2) is 0 Å².